The van der Waals surface area contributed by atoms with Crippen LogP contribution in [0.15, 0.2) is 30.3 Å². The van der Waals surface area contributed by atoms with Crippen LogP contribution in [0.25, 0.3) is 0 Å². The molecule has 1 aliphatic rings. The number of hydrogen-bond acceptors (Lipinski definition) is 7. The monoisotopic (exact) mass is 515 g/mol. The highest BCUT2D eigenvalue weighted by Crippen LogP contribution is 2.37. The van der Waals surface area contributed by atoms with Crippen molar-refractivity contribution in [1.29, 1.82) is 0 Å². The quantitative estimate of drug-likeness (QED) is 0.437. The summed E-state index contributed by atoms with van der Waals surface area (Å²) in [5.74, 6) is -0.759. The normalized spacial score (nSPS) is 13.7. The molecule has 13 heteroatoms. The first kappa shape index (κ1) is 25.5. The molecule has 2 aromatic rings. The van der Waals surface area contributed by atoms with E-state index in [2.05, 4.69) is 4.72 Å². The number of carbonyl (C=O) groups excluding carboxylic acids is 2. The topological polar surface area (TPSA) is 123 Å². The minimum Gasteiger partial charge on any atom is -0.428 e. The molecule has 0 fully saturated rings. The third-order valence-electron chi connectivity index (χ3n) is 4.47. The van der Waals surface area contributed by atoms with Crippen molar-refractivity contribution >= 4 is 39.7 Å². The van der Waals surface area contributed by atoms with E-state index in [1.54, 1.807) is 20.8 Å². The van der Waals surface area contributed by atoms with E-state index in [1.807, 2.05) is 4.72 Å². The average Bonchev–Trinajstić information content (AvgIpc) is 2.71. The second kappa shape index (κ2) is 9.65. The number of halogens is 2. The SMILES string of the molecule is CNS(=O)(=O)Nc1cccc(CN2Cc3cc(Cl)c(OC(=O)OC(C)(C)C)cc3OC2=O)c1F. The number of nitrogens with one attached hydrogen (secondary N) is 2. The van der Waals surface area contributed by atoms with E-state index >= 15 is 0 Å². The highest BCUT2D eigenvalue weighted by atomic mass is 35.5. The number of hydrogen-bond donors (Lipinski definition) is 2. The molecule has 1 amide bonds. The molecule has 0 unspecified atom stereocenters. The summed E-state index contributed by atoms with van der Waals surface area (Å²) in [6.45, 7) is 4.84. The summed E-state index contributed by atoms with van der Waals surface area (Å²) in [4.78, 5) is 25.7. The number of fused-ring (bicyclic) bond motifs is 1. The van der Waals surface area contributed by atoms with Gasteiger partial charge in [0, 0.05) is 24.2 Å². The number of amides is 1. The molecule has 1 aliphatic heterocycles. The van der Waals surface area contributed by atoms with E-state index in [4.69, 9.17) is 25.8 Å². The predicted octanol–water partition coefficient (Wildman–Crippen LogP) is 4.18. The Morgan fingerprint density at radius 1 is 1.29 bits per heavy atom. The summed E-state index contributed by atoms with van der Waals surface area (Å²) in [6, 6.07) is 6.88. The number of rotatable bonds is 6. The fraction of sp³-hybridized carbons (Fsp3) is 0.333. The van der Waals surface area contributed by atoms with Crippen LogP contribution in [0.5, 0.6) is 11.5 Å². The van der Waals surface area contributed by atoms with Gasteiger partial charge in [-0.15, -0.1) is 0 Å². The molecule has 34 heavy (non-hydrogen) atoms. The number of nitrogens with zero attached hydrogens (tertiary/aromatic N) is 1. The minimum absolute atomic E-state index is 0.0204. The maximum absolute atomic E-state index is 14.9. The first-order valence-corrected chi connectivity index (χ1v) is 11.8. The molecule has 2 aromatic carbocycles. The van der Waals surface area contributed by atoms with Crippen LogP contribution in [0.2, 0.25) is 5.02 Å². The lowest BCUT2D eigenvalue weighted by Crippen LogP contribution is -2.36. The maximum Gasteiger partial charge on any atom is 0.514 e. The van der Waals surface area contributed by atoms with Crippen molar-refractivity contribution in [3.63, 3.8) is 0 Å². The molecule has 1 heterocycles. The van der Waals surface area contributed by atoms with Gasteiger partial charge in [-0.3, -0.25) is 9.62 Å². The largest absolute Gasteiger partial charge is 0.514 e. The summed E-state index contributed by atoms with van der Waals surface area (Å²) in [7, 11) is -2.75. The summed E-state index contributed by atoms with van der Waals surface area (Å²) in [5.41, 5.74) is -0.491. The Bertz CT molecular complexity index is 1230. The van der Waals surface area contributed by atoms with Gasteiger partial charge in [0.1, 0.15) is 11.4 Å². The zero-order valence-corrected chi connectivity index (χ0v) is 20.3. The van der Waals surface area contributed by atoms with E-state index in [0.717, 1.165) is 0 Å². The van der Waals surface area contributed by atoms with Crippen molar-refractivity contribution in [2.45, 2.75) is 39.5 Å². The van der Waals surface area contributed by atoms with Crippen molar-refractivity contribution in [3.05, 3.63) is 52.3 Å². The molecule has 0 aromatic heterocycles. The van der Waals surface area contributed by atoms with Crippen molar-refractivity contribution < 1.29 is 36.6 Å². The zero-order chi connectivity index (χ0) is 25.3. The second-order valence-corrected chi connectivity index (χ2v) is 10.3. The highest BCUT2D eigenvalue weighted by Gasteiger charge is 2.29. The molecular weight excluding hydrogens is 493 g/mol. The summed E-state index contributed by atoms with van der Waals surface area (Å²) >= 11 is 6.22. The van der Waals surface area contributed by atoms with Crippen molar-refractivity contribution in [2.24, 2.45) is 0 Å². The van der Waals surface area contributed by atoms with Crippen LogP contribution in [0.3, 0.4) is 0 Å². The van der Waals surface area contributed by atoms with Crippen LogP contribution in [-0.4, -0.2) is 38.2 Å². The van der Waals surface area contributed by atoms with Crippen LogP contribution >= 0.6 is 11.6 Å². The van der Waals surface area contributed by atoms with Gasteiger partial charge in [0.25, 0.3) is 10.2 Å². The molecule has 0 saturated heterocycles. The third-order valence-corrected chi connectivity index (χ3v) is 5.79. The van der Waals surface area contributed by atoms with E-state index in [9.17, 15) is 22.4 Å². The molecule has 184 valence electrons. The Morgan fingerprint density at radius 3 is 2.65 bits per heavy atom. The van der Waals surface area contributed by atoms with Gasteiger partial charge in [0.2, 0.25) is 0 Å². The number of carbonyl (C=O) groups is 2. The molecule has 10 nitrogen and oxygen atoms in total. The Balaban J connectivity index is 1.78. The summed E-state index contributed by atoms with van der Waals surface area (Å²) in [6.07, 6.45) is -1.75. The lowest BCUT2D eigenvalue weighted by molar-refractivity contribution is 0.0206. The van der Waals surface area contributed by atoms with Gasteiger partial charge in [0.15, 0.2) is 11.6 Å². The predicted molar refractivity (Wildman–Crippen MR) is 122 cm³/mol. The average molecular weight is 516 g/mol. The van der Waals surface area contributed by atoms with Gasteiger partial charge in [-0.25, -0.2) is 18.7 Å². The molecule has 0 bridgehead atoms. The van der Waals surface area contributed by atoms with E-state index < -0.39 is 33.9 Å². The van der Waals surface area contributed by atoms with Crippen LogP contribution in [0, 0.1) is 5.82 Å². The Morgan fingerprint density at radius 2 is 2.00 bits per heavy atom. The van der Waals surface area contributed by atoms with E-state index in [0.29, 0.717) is 5.56 Å². The molecule has 0 radical (unpaired) electrons. The van der Waals surface area contributed by atoms with Crippen LogP contribution in [0.4, 0.5) is 19.7 Å². The van der Waals surface area contributed by atoms with Crippen LogP contribution in [-0.2, 0) is 28.0 Å². The molecule has 0 aliphatic carbocycles. The second-order valence-electron chi connectivity index (χ2n) is 8.27. The number of benzene rings is 2. The van der Waals surface area contributed by atoms with Gasteiger partial charge in [-0.1, -0.05) is 23.7 Å². The van der Waals surface area contributed by atoms with E-state index in [1.165, 1.54) is 42.3 Å². The first-order valence-electron chi connectivity index (χ1n) is 9.96. The van der Waals surface area contributed by atoms with E-state index in [-0.39, 0.29) is 40.9 Å². The lowest BCUT2D eigenvalue weighted by Gasteiger charge is -2.29. The standard InChI is InChI=1S/C21H23ClFN3O7S/c1-21(2,3)33-20(28)32-17-9-16-13(8-14(17)22)11-26(19(27)31-16)10-12-6-5-7-15(18(12)23)25-34(29,30)24-4/h5-9,24-25H,10-11H2,1-4H3. The highest BCUT2D eigenvalue weighted by molar-refractivity contribution is 7.90. The Hall–Kier alpha value is -3.09. The molecule has 0 spiro atoms. The van der Waals surface area contributed by atoms with Crippen molar-refractivity contribution in [2.75, 3.05) is 11.8 Å². The third kappa shape index (κ3) is 6.27. The lowest BCUT2D eigenvalue weighted by atomic mass is 10.1. The summed E-state index contributed by atoms with van der Waals surface area (Å²) in [5, 5.41) is 0.0807. The van der Waals surface area contributed by atoms with Crippen LogP contribution in [0.1, 0.15) is 31.9 Å². The molecule has 0 saturated carbocycles. The molecule has 2 N–H and O–H groups in total. The van der Waals surface area contributed by atoms with Gasteiger partial charge in [0.05, 0.1) is 23.8 Å². The van der Waals surface area contributed by atoms with Crippen molar-refractivity contribution in [1.82, 2.24) is 9.62 Å². The fourth-order valence-electron chi connectivity index (χ4n) is 2.96. The minimum atomic E-state index is -3.93. The fourth-order valence-corrected chi connectivity index (χ4v) is 3.74. The van der Waals surface area contributed by atoms with Crippen LogP contribution < -0.4 is 18.9 Å². The Labute approximate surface area is 201 Å². The van der Waals surface area contributed by atoms with Gasteiger partial charge in [-0.05, 0) is 32.9 Å². The summed E-state index contributed by atoms with van der Waals surface area (Å²) < 4.78 is 57.8. The maximum atomic E-state index is 14.9. The van der Waals surface area contributed by atoms with Gasteiger partial charge >= 0.3 is 12.2 Å². The van der Waals surface area contributed by atoms with Gasteiger partial charge in [-0.2, -0.15) is 8.42 Å². The smallest absolute Gasteiger partial charge is 0.428 e. The Kier molecular flexibility index (Phi) is 7.24. The number of anilines is 1. The first-order chi connectivity index (χ1) is 15.8. The molecule has 0 atom stereocenters. The van der Waals surface area contributed by atoms with Crippen molar-refractivity contribution in [3.8, 4) is 11.5 Å². The molecular formula is C21H23ClFN3O7S. The zero-order valence-electron chi connectivity index (χ0n) is 18.8. The molecule has 3 rings (SSSR count). The number of ether oxygens (including phenoxy) is 3. The van der Waals surface area contributed by atoms with Gasteiger partial charge < -0.3 is 14.2 Å².